The molecule has 0 aliphatic carbocycles. The molecule has 0 saturated carbocycles. The number of benzene rings is 2. The molecule has 2 aromatic carbocycles. The second kappa shape index (κ2) is 7.36. The molecular weight excluding hydrogens is 399 g/mol. The van der Waals surface area contributed by atoms with Crippen molar-refractivity contribution >= 4 is 21.6 Å². The Morgan fingerprint density at radius 1 is 1.00 bits per heavy atom. The number of rotatable bonds is 3. The average Bonchev–Trinajstić information content (AvgIpc) is 3.18. The number of hydrogen-bond acceptors (Lipinski definition) is 3. The average molecular weight is 423 g/mol. The number of aryl methyl sites for hydroxylation is 1. The van der Waals surface area contributed by atoms with Gasteiger partial charge < -0.3 is 0 Å². The molecule has 0 aliphatic heterocycles. The van der Waals surface area contributed by atoms with E-state index in [2.05, 4.69) is 32.9 Å². The van der Waals surface area contributed by atoms with Crippen LogP contribution in [0.4, 0.5) is 4.39 Å². The number of hydrogen-bond donors (Lipinski definition) is 0. The molecule has 4 aromatic rings. The zero-order valence-corrected chi connectivity index (χ0v) is 18.2. The van der Waals surface area contributed by atoms with Crippen molar-refractivity contribution in [1.82, 2.24) is 9.13 Å². The van der Waals surface area contributed by atoms with Gasteiger partial charge in [0.2, 0.25) is 0 Å². The lowest BCUT2D eigenvalue weighted by Gasteiger charge is -2.19. The summed E-state index contributed by atoms with van der Waals surface area (Å²) in [6.07, 6.45) is 0. The SMILES string of the molecule is Cc1ccc(-n2c(=O)c3sccc3n(Cc3ccc(C(C)(C)C)cc3)c2=O)cc1F. The van der Waals surface area contributed by atoms with E-state index in [0.717, 1.165) is 10.1 Å². The van der Waals surface area contributed by atoms with Crippen molar-refractivity contribution in [2.24, 2.45) is 0 Å². The van der Waals surface area contributed by atoms with Crippen LogP contribution in [0.25, 0.3) is 15.9 Å². The molecule has 0 aliphatic rings. The van der Waals surface area contributed by atoms with Crippen molar-refractivity contribution in [1.29, 1.82) is 0 Å². The number of halogens is 1. The Morgan fingerprint density at radius 3 is 2.33 bits per heavy atom. The molecule has 0 N–H and O–H groups in total. The summed E-state index contributed by atoms with van der Waals surface area (Å²) in [4.78, 5) is 26.3. The van der Waals surface area contributed by atoms with Crippen molar-refractivity contribution in [3.8, 4) is 5.69 Å². The van der Waals surface area contributed by atoms with Gasteiger partial charge in [-0.25, -0.2) is 13.8 Å². The fraction of sp³-hybridized carbons (Fsp3) is 0.250. The van der Waals surface area contributed by atoms with Crippen LogP contribution >= 0.6 is 11.3 Å². The van der Waals surface area contributed by atoms with Crippen molar-refractivity contribution < 1.29 is 4.39 Å². The summed E-state index contributed by atoms with van der Waals surface area (Å²) in [7, 11) is 0. The first-order valence-electron chi connectivity index (χ1n) is 9.76. The van der Waals surface area contributed by atoms with Gasteiger partial charge in [-0.05, 0) is 52.6 Å². The molecule has 6 heteroatoms. The molecule has 154 valence electrons. The molecule has 0 saturated heterocycles. The third-order valence-electron chi connectivity index (χ3n) is 5.33. The first kappa shape index (κ1) is 20.3. The summed E-state index contributed by atoms with van der Waals surface area (Å²) in [5.74, 6) is -0.450. The smallest absolute Gasteiger partial charge is 0.288 e. The van der Waals surface area contributed by atoms with Gasteiger partial charge in [-0.1, -0.05) is 51.1 Å². The van der Waals surface area contributed by atoms with Gasteiger partial charge in [0.1, 0.15) is 10.5 Å². The minimum atomic E-state index is -0.478. The molecule has 0 unspecified atom stereocenters. The molecular formula is C24H23FN2O2S. The van der Waals surface area contributed by atoms with E-state index in [4.69, 9.17) is 0 Å². The van der Waals surface area contributed by atoms with E-state index in [-0.39, 0.29) is 11.1 Å². The van der Waals surface area contributed by atoms with Crippen LogP contribution in [0.5, 0.6) is 0 Å². The highest BCUT2D eigenvalue weighted by atomic mass is 32.1. The molecule has 0 bridgehead atoms. The van der Waals surface area contributed by atoms with Gasteiger partial charge in [-0.15, -0.1) is 11.3 Å². The molecule has 0 spiro atoms. The van der Waals surface area contributed by atoms with Gasteiger partial charge in [-0.3, -0.25) is 9.36 Å². The number of thiophene rings is 1. The Balaban J connectivity index is 1.88. The number of fused-ring (bicyclic) bond motifs is 1. The predicted molar refractivity (Wildman–Crippen MR) is 121 cm³/mol. The van der Waals surface area contributed by atoms with E-state index >= 15 is 0 Å². The van der Waals surface area contributed by atoms with E-state index in [0.29, 0.717) is 22.3 Å². The van der Waals surface area contributed by atoms with Crippen LogP contribution in [0.1, 0.15) is 37.5 Å². The molecule has 0 atom stereocenters. The van der Waals surface area contributed by atoms with E-state index in [1.165, 1.54) is 23.0 Å². The van der Waals surface area contributed by atoms with Crippen LogP contribution in [-0.2, 0) is 12.0 Å². The molecule has 2 heterocycles. The van der Waals surface area contributed by atoms with Crippen molar-refractivity contribution in [2.75, 3.05) is 0 Å². The maximum atomic E-state index is 14.1. The third kappa shape index (κ3) is 3.52. The van der Waals surface area contributed by atoms with Crippen molar-refractivity contribution in [3.05, 3.63) is 97.3 Å². The normalized spacial score (nSPS) is 11.9. The van der Waals surface area contributed by atoms with Crippen LogP contribution in [-0.4, -0.2) is 9.13 Å². The summed E-state index contributed by atoms with van der Waals surface area (Å²) in [6.45, 7) is 8.42. The topological polar surface area (TPSA) is 44.0 Å². The summed E-state index contributed by atoms with van der Waals surface area (Å²) in [6, 6.07) is 14.3. The highest BCUT2D eigenvalue weighted by Crippen LogP contribution is 2.23. The largest absolute Gasteiger partial charge is 0.336 e. The first-order chi connectivity index (χ1) is 14.2. The molecule has 4 rings (SSSR count). The number of aromatic nitrogens is 2. The highest BCUT2D eigenvalue weighted by molar-refractivity contribution is 7.17. The lowest BCUT2D eigenvalue weighted by molar-refractivity contribution is 0.589. The molecule has 0 fully saturated rings. The van der Waals surface area contributed by atoms with Gasteiger partial charge in [-0.2, -0.15) is 0 Å². The minimum absolute atomic E-state index is 0.0404. The standard InChI is InChI=1S/C24H23FN2O2S/c1-15-5-10-18(13-19(15)25)27-22(28)21-20(11-12-30-21)26(23(27)29)14-16-6-8-17(9-7-16)24(2,3)4/h5-13H,14H2,1-4H3. The molecule has 4 nitrogen and oxygen atoms in total. The summed E-state index contributed by atoms with van der Waals surface area (Å²) >= 11 is 1.28. The van der Waals surface area contributed by atoms with Crippen LogP contribution < -0.4 is 11.2 Å². The zero-order valence-electron chi connectivity index (χ0n) is 17.4. The lowest BCUT2D eigenvalue weighted by Crippen LogP contribution is -2.38. The monoisotopic (exact) mass is 422 g/mol. The van der Waals surface area contributed by atoms with Crippen LogP contribution in [0.3, 0.4) is 0 Å². The third-order valence-corrected chi connectivity index (χ3v) is 6.22. The Labute approximate surface area is 177 Å². The molecule has 30 heavy (non-hydrogen) atoms. The minimum Gasteiger partial charge on any atom is -0.288 e. The van der Waals surface area contributed by atoms with E-state index in [1.807, 2.05) is 12.1 Å². The van der Waals surface area contributed by atoms with Crippen LogP contribution in [0.15, 0.2) is 63.5 Å². The highest BCUT2D eigenvalue weighted by Gasteiger charge is 2.17. The Kier molecular flexibility index (Phi) is 4.98. The fourth-order valence-corrected chi connectivity index (χ4v) is 4.31. The number of nitrogens with zero attached hydrogens (tertiary/aromatic N) is 2. The van der Waals surface area contributed by atoms with Crippen LogP contribution in [0, 0.1) is 12.7 Å². The van der Waals surface area contributed by atoms with E-state index in [1.54, 1.807) is 35.1 Å². The molecule has 2 aromatic heterocycles. The van der Waals surface area contributed by atoms with Crippen molar-refractivity contribution in [2.45, 2.75) is 39.7 Å². The fourth-order valence-electron chi connectivity index (χ4n) is 3.48. The van der Waals surface area contributed by atoms with Gasteiger partial charge >= 0.3 is 5.69 Å². The Bertz CT molecular complexity index is 1360. The molecule has 0 radical (unpaired) electrons. The second-order valence-corrected chi connectivity index (χ2v) is 9.44. The van der Waals surface area contributed by atoms with Crippen molar-refractivity contribution in [3.63, 3.8) is 0 Å². The second-order valence-electron chi connectivity index (χ2n) is 8.52. The maximum absolute atomic E-state index is 14.1. The summed E-state index contributed by atoms with van der Waals surface area (Å²) in [5, 5.41) is 1.80. The van der Waals surface area contributed by atoms with E-state index in [9.17, 15) is 14.0 Å². The van der Waals surface area contributed by atoms with Crippen LogP contribution in [0.2, 0.25) is 0 Å². The Hall–Kier alpha value is -2.99. The quantitative estimate of drug-likeness (QED) is 0.466. The Morgan fingerprint density at radius 2 is 1.70 bits per heavy atom. The summed E-state index contributed by atoms with van der Waals surface area (Å²) in [5.41, 5.74) is 2.60. The van der Waals surface area contributed by atoms with Gasteiger partial charge in [0.25, 0.3) is 5.56 Å². The van der Waals surface area contributed by atoms with Gasteiger partial charge in [0, 0.05) is 0 Å². The molecule has 0 amide bonds. The maximum Gasteiger partial charge on any atom is 0.336 e. The van der Waals surface area contributed by atoms with Gasteiger partial charge in [0.05, 0.1) is 17.7 Å². The first-order valence-corrected chi connectivity index (χ1v) is 10.6. The van der Waals surface area contributed by atoms with Gasteiger partial charge in [0.15, 0.2) is 0 Å². The van der Waals surface area contributed by atoms with E-state index < -0.39 is 17.1 Å². The predicted octanol–water partition coefficient (Wildman–Crippen LogP) is 5.01. The zero-order chi connectivity index (χ0) is 21.6. The summed E-state index contributed by atoms with van der Waals surface area (Å²) < 4.78 is 17.3. The lowest BCUT2D eigenvalue weighted by atomic mass is 9.87.